The topological polar surface area (TPSA) is 78.8 Å². The molecule has 0 aliphatic carbocycles. The Morgan fingerprint density at radius 3 is 2.74 bits per heavy atom. The van der Waals surface area contributed by atoms with Gasteiger partial charge in [-0.05, 0) is 34.5 Å². The van der Waals surface area contributed by atoms with Crippen molar-refractivity contribution in [1.29, 1.82) is 0 Å². The molecule has 2 N–H and O–H groups in total. The maximum Gasteiger partial charge on any atom is 0.189 e. The lowest BCUT2D eigenvalue weighted by Gasteiger charge is -2.07. The van der Waals surface area contributed by atoms with Gasteiger partial charge in [-0.15, -0.1) is 5.10 Å². The maximum atomic E-state index is 5.67. The van der Waals surface area contributed by atoms with E-state index in [1.165, 1.54) is 0 Å². The maximum absolute atomic E-state index is 5.67. The fourth-order valence-electron chi connectivity index (χ4n) is 1.68. The molecule has 6 nitrogen and oxygen atoms in total. The van der Waals surface area contributed by atoms with Gasteiger partial charge in [-0.3, -0.25) is 0 Å². The lowest BCUT2D eigenvalue weighted by molar-refractivity contribution is 0.285. The quantitative estimate of drug-likeness (QED) is 0.817. The van der Waals surface area contributed by atoms with Gasteiger partial charge >= 0.3 is 0 Å². The van der Waals surface area contributed by atoms with Crippen LogP contribution in [0.5, 0.6) is 5.75 Å². The Balaban J connectivity index is 1.92. The third-order valence-electron chi connectivity index (χ3n) is 2.86. The number of nitrogens with zero attached hydrogens (tertiary/aromatic N) is 4. The highest BCUT2D eigenvalue weighted by atomic mass is 16.5. The van der Waals surface area contributed by atoms with Gasteiger partial charge in [0, 0.05) is 13.1 Å². The van der Waals surface area contributed by atoms with Crippen LogP contribution in [0.25, 0.3) is 0 Å². The molecule has 0 bridgehead atoms. The summed E-state index contributed by atoms with van der Waals surface area (Å²) in [4.78, 5) is 0. The largest absolute Gasteiger partial charge is 0.486 e. The lowest BCUT2D eigenvalue weighted by Crippen LogP contribution is -2.09. The molecular formula is C13H19N5O. The van der Waals surface area contributed by atoms with Crippen LogP contribution in [0.3, 0.4) is 0 Å². The van der Waals surface area contributed by atoms with Crippen LogP contribution >= 0.6 is 0 Å². The van der Waals surface area contributed by atoms with Crippen LogP contribution in [0.4, 0.5) is 0 Å². The second-order valence-electron chi connectivity index (χ2n) is 4.31. The Morgan fingerprint density at radius 1 is 1.26 bits per heavy atom. The van der Waals surface area contributed by atoms with Crippen molar-refractivity contribution in [3.8, 4) is 5.75 Å². The van der Waals surface area contributed by atoms with E-state index in [0.717, 1.165) is 36.5 Å². The zero-order valence-corrected chi connectivity index (χ0v) is 11.1. The summed E-state index contributed by atoms with van der Waals surface area (Å²) in [5.41, 5.74) is 6.63. The number of rotatable bonds is 7. The highest BCUT2D eigenvalue weighted by Crippen LogP contribution is 2.13. The van der Waals surface area contributed by atoms with E-state index in [2.05, 4.69) is 22.4 Å². The summed E-state index contributed by atoms with van der Waals surface area (Å²) >= 11 is 0. The average molecular weight is 261 g/mol. The monoisotopic (exact) mass is 261 g/mol. The Bertz CT molecular complexity index is 494. The fourth-order valence-corrected chi connectivity index (χ4v) is 1.68. The molecule has 0 aliphatic rings. The van der Waals surface area contributed by atoms with E-state index in [1.54, 1.807) is 4.68 Å². The van der Waals surface area contributed by atoms with E-state index in [0.29, 0.717) is 13.2 Å². The van der Waals surface area contributed by atoms with E-state index in [1.807, 2.05) is 24.3 Å². The van der Waals surface area contributed by atoms with Gasteiger partial charge in [0.2, 0.25) is 0 Å². The molecule has 0 amide bonds. The molecule has 0 spiro atoms. The molecule has 1 aromatic carbocycles. The summed E-state index contributed by atoms with van der Waals surface area (Å²) in [5, 5.41) is 11.6. The molecule has 0 radical (unpaired) electrons. The average Bonchev–Trinajstić information content (AvgIpc) is 2.91. The third kappa shape index (κ3) is 3.75. The molecule has 0 atom stereocenters. The first-order chi connectivity index (χ1) is 9.33. The standard InChI is InChI=1S/C13H19N5O/c1-2-3-8-18-13(15-16-17-18)10-19-12-6-4-11(9-14)5-7-12/h4-7H,2-3,8-10,14H2,1H3. The molecule has 0 unspecified atom stereocenters. The zero-order valence-electron chi connectivity index (χ0n) is 11.1. The normalized spacial score (nSPS) is 10.6. The zero-order chi connectivity index (χ0) is 13.5. The molecule has 0 saturated heterocycles. The number of aromatic nitrogens is 4. The first-order valence-corrected chi connectivity index (χ1v) is 6.50. The number of benzene rings is 1. The third-order valence-corrected chi connectivity index (χ3v) is 2.86. The highest BCUT2D eigenvalue weighted by molar-refractivity contribution is 5.27. The van der Waals surface area contributed by atoms with Crippen LogP contribution in [-0.4, -0.2) is 20.2 Å². The van der Waals surface area contributed by atoms with E-state index < -0.39 is 0 Å². The number of nitrogens with two attached hydrogens (primary N) is 1. The minimum Gasteiger partial charge on any atom is -0.486 e. The number of unbranched alkanes of at least 4 members (excludes halogenated alkanes) is 1. The van der Waals surface area contributed by atoms with E-state index in [9.17, 15) is 0 Å². The van der Waals surface area contributed by atoms with Gasteiger partial charge in [0.05, 0.1) is 0 Å². The minimum absolute atomic E-state index is 0.374. The molecule has 6 heteroatoms. The molecule has 19 heavy (non-hydrogen) atoms. The Hall–Kier alpha value is -1.95. The Morgan fingerprint density at radius 2 is 2.05 bits per heavy atom. The van der Waals surface area contributed by atoms with Crippen molar-refractivity contribution in [1.82, 2.24) is 20.2 Å². The summed E-state index contributed by atoms with van der Waals surface area (Å²) in [6.45, 7) is 3.88. The number of aryl methyl sites for hydroxylation is 1. The SMILES string of the molecule is CCCCn1nnnc1COc1ccc(CN)cc1. The number of hydrogen-bond acceptors (Lipinski definition) is 5. The molecule has 1 heterocycles. The van der Waals surface area contributed by atoms with Crippen LogP contribution in [-0.2, 0) is 19.7 Å². The van der Waals surface area contributed by atoms with Crippen LogP contribution in [0.15, 0.2) is 24.3 Å². The second kappa shape index (κ2) is 6.84. The van der Waals surface area contributed by atoms with Gasteiger partial charge in [-0.25, -0.2) is 4.68 Å². The molecule has 102 valence electrons. The molecule has 0 fully saturated rings. The van der Waals surface area contributed by atoms with Crippen LogP contribution in [0.1, 0.15) is 31.2 Å². The van der Waals surface area contributed by atoms with E-state index >= 15 is 0 Å². The minimum atomic E-state index is 0.374. The summed E-state index contributed by atoms with van der Waals surface area (Å²) in [7, 11) is 0. The van der Waals surface area contributed by atoms with Gasteiger partial charge in [0.15, 0.2) is 5.82 Å². The highest BCUT2D eigenvalue weighted by Gasteiger charge is 2.06. The molecule has 2 aromatic rings. The van der Waals surface area contributed by atoms with Crippen molar-refractivity contribution in [3.05, 3.63) is 35.7 Å². The van der Waals surface area contributed by atoms with Gasteiger partial charge in [-0.1, -0.05) is 25.5 Å². The van der Waals surface area contributed by atoms with Gasteiger partial charge in [-0.2, -0.15) is 0 Å². The van der Waals surface area contributed by atoms with Crippen molar-refractivity contribution in [2.24, 2.45) is 5.73 Å². The predicted molar refractivity (Wildman–Crippen MR) is 71.4 cm³/mol. The van der Waals surface area contributed by atoms with Crippen LogP contribution in [0.2, 0.25) is 0 Å². The number of hydrogen-bond donors (Lipinski definition) is 1. The van der Waals surface area contributed by atoms with Crippen LogP contribution < -0.4 is 10.5 Å². The van der Waals surface area contributed by atoms with Crippen molar-refractivity contribution < 1.29 is 4.74 Å². The van der Waals surface area contributed by atoms with E-state index in [4.69, 9.17) is 10.5 Å². The first-order valence-electron chi connectivity index (χ1n) is 6.50. The lowest BCUT2D eigenvalue weighted by atomic mass is 10.2. The van der Waals surface area contributed by atoms with Crippen molar-refractivity contribution >= 4 is 0 Å². The fraction of sp³-hybridized carbons (Fsp3) is 0.462. The summed E-state index contributed by atoms with van der Waals surface area (Å²) in [5.74, 6) is 1.54. The van der Waals surface area contributed by atoms with Gasteiger partial charge in [0.1, 0.15) is 12.4 Å². The van der Waals surface area contributed by atoms with Crippen molar-refractivity contribution in [3.63, 3.8) is 0 Å². The van der Waals surface area contributed by atoms with Crippen molar-refractivity contribution in [2.75, 3.05) is 0 Å². The summed E-state index contributed by atoms with van der Waals surface area (Å²) in [6.07, 6.45) is 2.17. The van der Waals surface area contributed by atoms with E-state index in [-0.39, 0.29) is 0 Å². The smallest absolute Gasteiger partial charge is 0.189 e. The molecule has 0 aliphatic heterocycles. The van der Waals surface area contributed by atoms with Crippen LogP contribution in [0, 0.1) is 0 Å². The molecule has 0 saturated carbocycles. The van der Waals surface area contributed by atoms with Gasteiger partial charge in [0.25, 0.3) is 0 Å². The van der Waals surface area contributed by atoms with Gasteiger partial charge < -0.3 is 10.5 Å². The van der Waals surface area contributed by atoms with Crippen molar-refractivity contribution in [2.45, 2.75) is 39.5 Å². The Kier molecular flexibility index (Phi) is 4.85. The summed E-state index contributed by atoms with van der Waals surface area (Å²) in [6, 6.07) is 7.72. The predicted octanol–water partition coefficient (Wildman–Crippen LogP) is 1.51. The number of ether oxygens (including phenoxy) is 1. The summed E-state index contributed by atoms with van der Waals surface area (Å²) < 4.78 is 7.46. The first kappa shape index (κ1) is 13.5. The molecule has 1 aromatic heterocycles. The molecular weight excluding hydrogens is 242 g/mol. The molecule has 2 rings (SSSR count). The Labute approximate surface area is 112 Å². The second-order valence-corrected chi connectivity index (χ2v) is 4.31. The number of tetrazole rings is 1.